The van der Waals surface area contributed by atoms with Crippen molar-refractivity contribution in [3.8, 4) is 0 Å². The topological polar surface area (TPSA) is 101 Å². The van der Waals surface area contributed by atoms with Crippen LogP contribution < -0.4 is 5.48 Å². The van der Waals surface area contributed by atoms with Gasteiger partial charge in [-0.1, -0.05) is 0 Å². The van der Waals surface area contributed by atoms with Crippen molar-refractivity contribution in [1.29, 1.82) is 0 Å². The monoisotopic (exact) mass is 179 g/mol. The quantitative estimate of drug-likeness (QED) is 0.354. The lowest BCUT2D eigenvalue weighted by atomic mass is 10.5. The summed E-state index contributed by atoms with van der Waals surface area (Å²) in [7, 11) is 0. The molecule has 0 amide bonds. The number of fused-ring (bicyclic) bond motifs is 1. The standard InChI is InChI=1S/C5H5N7O/c13-7-3-6-4-1-2-5-8-10-11-12(5)9-4/h1-3,13H,(H,6,7,9). The maximum atomic E-state index is 8.23. The normalized spacial score (nSPS) is 11.2. The number of aromatic nitrogens is 5. The second-order valence-corrected chi connectivity index (χ2v) is 2.11. The fourth-order valence-corrected chi connectivity index (χ4v) is 0.804. The molecule has 0 spiro atoms. The molecular formula is C5H5N7O. The Balaban J connectivity index is 2.42. The van der Waals surface area contributed by atoms with E-state index in [4.69, 9.17) is 5.21 Å². The van der Waals surface area contributed by atoms with E-state index in [1.54, 1.807) is 17.6 Å². The molecule has 0 aliphatic rings. The lowest BCUT2D eigenvalue weighted by Gasteiger charge is -1.91. The van der Waals surface area contributed by atoms with E-state index in [2.05, 4.69) is 25.6 Å². The minimum absolute atomic E-state index is 0.390. The molecule has 2 heterocycles. The zero-order valence-electron chi connectivity index (χ0n) is 6.36. The van der Waals surface area contributed by atoms with Crippen molar-refractivity contribution in [3.05, 3.63) is 12.1 Å². The fraction of sp³-hybridized carbons (Fsp3) is 0. The number of hydrogen-bond acceptors (Lipinski definition) is 6. The highest BCUT2D eigenvalue weighted by atomic mass is 16.5. The Hall–Kier alpha value is -2.09. The number of nitrogens with zero attached hydrogens (tertiary/aromatic N) is 6. The van der Waals surface area contributed by atoms with Gasteiger partial charge in [0, 0.05) is 0 Å². The zero-order chi connectivity index (χ0) is 9.10. The molecule has 0 saturated carbocycles. The van der Waals surface area contributed by atoms with Gasteiger partial charge in [-0.05, 0) is 22.6 Å². The molecule has 66 valence electrons. The molecule has 2 aromatic rings. The molecular weight excluding hydrogens is 174 g/mol. The molecule has 13 heavy (non-hydrogen) atoms. The molecule has 8 heteroatoms. The van der Waals surface area contributed by atoms with Gasteiger partial charge in [0.25, 0.3) is 0 Å². The van der Waals surface area contributed by atoms with Gasteiger partial charge in [0.15, 0.2) is 11.5 Å². The first-order chi connectivity index (χ1) is 6.40. The van der Waals surface area contributed by atoms with Gasteiger partial charge in [-0.3, -0.25) is 10.7 Å². The number of rotatable bonds is 2. The van der Waals surface area contributed by atoms with Crippen LogP contribution in [0.25, 0.3) is 5.65 Å². The highest BCUT2D eigenvalue weighted by molar-refractivity contribution is 5.57. The Morgan fingerprint density at radius 1 is 1.54 bits per heavy atom. The SMILES string of the molecule is ONC=Nc1ccc2nnnn2n1. The van der Waals surface area contributed by atoms with Crippen LogP contribution in [0.1, 0.15) is 0 Å². The summed E-state index contributed by atoms with van der Waals surface area (Å²) in [5.41, 5.74) is 2.30. The second-order valence-electron chi connectivity index (χ2n) is 2.11. The smallest absolute Gasteiger partial charge is 0.200 e. The summed E-state index contributed by atoms with van der Waals surface area (Å²) in [5, 5.41) is 22.8. The Morgan fingerprint density at radius 2 is 2.46 bits per heavy atom. The summed E-state index contributed by atoms with van der Waals surface area (Å²) >= 11 is 0. The van der Waals surface area contributed by atoms with E-state index in [0.29, 0.717) is 11.5 Å². The molecule has 0 aromatic carbocycles. The molecule has 0 aliphatic heterocycles. The average Bonchev–Trinajstić information content (AvgIpc) is 2.61. The lowest BCUT2D eigenvalue weighted by Crippen LogP contribution is -2.01. The highest BCUT2D eigenvalue weighted by Gasteiger charge is 1.97. The summed E-state index contributed by atoms with van der Waals surface area (Å²) in [5.74, 6) is 0.390. The van der Waals surface area contributed by atoms with Crippen LogP contribution in [0.4, 0.5) is 5.82 Å². The van der Waals surface area contributed by atoms with Crippen LogP contribution in [0.15, 0.2) is 17.1 Å². The van der Waals surface area contributed by atoms with Crippen molar-refractivity contribution >= 4 is 17.8 Å². The molecule has 2 rings (SSSR count). The summed E-state index contributed by atoms with van der Waals surface area (Å²) in [4.78, 5) is 3.74. The maximum absolute atomic E-state index is 8.23. The Kier molecular flexibility index (Phi) is 1.81. The third kappa shape index (κ3) is 1.42. The van der Waals surface area contributed by atoms with Crippen molar-refractivity contribution in [2.24, 2.45) is 4.99 Å². The lowest BCUT2D eigenvalue weighted by molar-refractivity contribution is 0.240. The molecule has 0 saturated heterocycles. The van der Waals surface area contributed by atoms with Crippen LogP contribution in [-0.4, -0.2) is 36.8 Å². The van der Waals surface area contributed by atoms with Gasteiger partial charge in [-0.15, -0.1) is 14.8 Å². The van der Waals surface area contributed by atoms with Crippen LogP contribution in [0.2, 0.25) is 0 Å². The van der Waals surface area contributed by atoms with Gasteiger partial charge in [-0.25, -0.2) is 4.99 Å². The van der Waals surface area contributed by atoms with Gasteiger partial charge in [0.2, 0.25) is 0 Å². The highest BCUT2D eigenvalue weighted by Crippen LogP contribution is 2.05. The molecule has 2 aromatic heterocycles. The first kappa shape index (κ1) is 7.55. The van der Waals surface area contributed by atoms with E-state index >= 15 is 0 Å². The van der Waals surface area contributed by atoms with Crippen LogP contribution >= 0.6 is 0 Å². The van der Waals surface area contributed by atoms with Gasteiger partial charge < -0.3 is 0 Å². The van der Waals surface area contributed by atoms with Crippen LogP contribution in [-0.2, 0) is 0 Å². The summed E-state index contributed by atoms with van der Waals surface area (Å²) in [6, 6.07) is 3.29. The molecule has 0 bridgehead atoms. The fourth-order valence-electron chi connectivity index (χ4n) is 0.804. The van der Waals surface area contributed by atoms with Crippen LogP contribution in [0, 0.1) is 0 Å². The van der Waals surface area contributed by atoms with Gasteiger partial charge >= 0.3 is 0 Å². The number of hydroxylamine groups is 1. The number of aliphatic imine (C=N–C) groups is 1. The minimum Gasteiger partial charge on any atom is -0.290 e. The van der Waals surface area contributed by atoms with Gasteiger partial charge in [0.05, 0.1) is 0 Å². The molecule has 0 unspecified atom stereocenters. The van der Waals surface area contributed by atoms with E-state index in [1.807, 2.05) is 0 Å². The second kappa shape index (κ2) is 3.11. The largest absolute Gasteiger partial charge is 0.290 e. The van der Waals surface area contributed by atoms with Gasteiger partial charge in [-0.2, -0.15) is 0 Å². The zero-order valence-corrected chi connectivity index (χ0v) is 6.36. The third-order valence-corrected chi connectivity index (χ3v) is 1.31. The molecule has 0 atom stereocenters. The van der Waals surface area contributed by atoms with Crippen molar-refractivity contribution in [2.45, 2.75) is 0 Å². The maximum Gasteiger partial charge on any atom is 0.200 e. The van der Waals surface area contributed by atoms with E-state index in [0.717, 1.165) is 6.34 Å². The van der Waals surface area contributed by atoms with E-state index in [1.165, 1.54) is 4.63 Å². The van der Waals surface area contributed by atoms with Gasteiger partial charge in [0.1, 0.15) is 6.34 Å². The number of tetrazole rings is 1. The Bertz CT molecular complexity index is 435. The van der Waals surface area contributed by atoms with E-state index in [-0.39, 0.29) is 0 Å². The Labute approximate surface area is 71.9 Å². The molecule has 0 radical (unpaired) electrons. The van der Waals surface area contributed by atoms with Crippen molar-refractivity contribution in [2.75, 3.05) is 0 Å². The van der Waals surface area contributed by atoms with Crippen LogP contribution in [0.5, 0.6) is 0 Å². The van der Waals surface area contributed by atoms with E-state index < -0.39 is 0 Å². The summed E-state index contributed by atoms with van der Waals surface area (Å²) in [6.45, 7) is 0. The predicted octanol–water partition coefficient (Wildman–Crippen LogP) is -0.842. The number of hydrogen-bond donors (Lipinski definition) is 2. The molecule has 0 aliphatic carbocycles. The first-order valence-electron chi connectivity index (χ1n) is 3.38. The molecule has 2 N–H and O–H groups in total. The predicted molar refractivity (Wildman–Crippen MR) is 41.7 cm³/mol. The van der Waals surface area contributed by atoms with Crippen molar-refractivity contribution in [1.82, 2.24) is 30.7 Å². The number of nitrogens with one attached hydrogen (secondary N) is 1. The summed E-state index contributed by atoms with van der Waals surface area (Å²) in [6.07, 6.45) is 1.10. The van der Waals surface area contributed by atoms with Crippen molar-refractivity contribution in [3.63, 3.8) is 0 Å². The van der Waals surface area contributed by atoms with Crippen molar-refractivity contribution < 1.29 is 5.21 Å². The molecule has 8 nitrogen and oxygen atoms in total. The van der Waals surface area contributed by atoms with E-state index in [9.17, 15) is 0 Å². The summed E-state index contributed by atoms with van der Waals surface area (Å²) < 4.78 is 1.24. The molecule has 0 fully saturated rings. The third-order valence-electron chi connectivity index (χ3n) is 1.31. The first-order valence-corrected chi connectivity index (χ1v) is 3.38. The van der Waals surface area contributed by atoms with Crippen LogP contribution in [0.3, 0.4) is 0 Å². The Morgan fingerprint density at radius 3 is 3.31 bits per heavy atom. The minimum atomic E-state index is 0.390. The average molecular weight is 179 g/mol.